The minimum atomic E-state index is -3.68. The highest BCUT2D eigenvalue weighted by Gasteiger charge is 2.25. The standard InChI is InChI=1S/C22H30N2O4S/c1-6-19(18-13-12-16(3)17(4)14-18)23-22(25)15-24(29(5,26)27)20-10-8-9-11-21(20)28-7-2/h8-14,19H,6-7,15H2,1-5H3,(H,23,25). The van der Waals surface area contributed by atoms with Crippen LogP contribution in [0.3, 0.4) is 0 Å². The van der Waals surface area contributed by atoms with Gasteiger partial charge in [-0.1, -0.05) is 37.3 Å². The Hall–Kier alpha value is -2.54. The molecule has 0 radical (unpaired) electrons. The molecular formula is C22H30N2O4S. The predicted molar refractivity (Wildman–Crippen MR) is 117 cm³/mol. The number of ether oxygens (including phenoxy) is 1. The monoisotopic (exact) mass is 418 g/mol. The topological polar surface area (TPSA) is 75.7 Å². The second-order valence-corrected chi connectivity index (χ2v) is 8.95. The van der Waals surface area contributed by atoms with E-state index in [1.54, 1.807) is 24.3 Å². The molecule has 0 aliphatic heterocycles. The van der Waals surface area contributed by atoms with Crippen LogP contribution in [0.2, 0.25) is 0 Å². The van der Waals surface area contributed by atoms with Gasteiger partial charge in [0.25, 0.3) is 0 Å². The quantitative estimate of drug-likeness (QED) is 0.673. The van der Waals surface area contributed by atoms with Gasteiger partial charge in [-0.15, -0.1) is 0 Å². The molecule has 158 valence electrons. The molecule has 6 nitrogen and oxygen atoms in total. The normalized spacial score (nSPS) is 12.3. The van der Waals surface area contributed by atoms with Gasteiger partial charge in [-0.25, -0.2) is 8.42 Å². The second kappa shape index (κ2) is 9.78. The third-order valence-corrected chi connectivity index (χ3v) is 5.92. The number of carbonyl (C=O) groups excluding carboxylic acids is 1. The van der Waals surface area contributed by atoms with Crippen LogP contribution < -0.4 is 14.4 Å². The third-order valence-electron chi connectivity index (χ3n) is 4.80. The van der Waals surface area contributed by atoms with E-state index in [1.165, 1.54) is 5.56 Å². The van der Waals surface area contributed by atoms with Crippen molar-refractivity contribution in [3.05, 3.63) is 59.2 Å². The SMILES string of the molecule is CCOc1ccccc1N(CC(=O)NC(CC)c1ccc(C)c(C)c1)S(C)(=O)=O. The van der Waals surface area contributed by atoms with Crippen LogP contribution in [0.15, 0.2) is 42.5 Å². The van der Waals surface area contributed by atoms with Crippen LogP contribution in [0.25, 0.3) is 0 Å². The van der Waals surface area contributed by atoms with Gasteiger partial charge in [0.2, 0.25) is 15.9 Å². The first kappa shape index (κ1) is 22.7. The van der Waals surface area contributed by atoms with Gasteiger partial charge >= 0.3 is 0 Å². The number of hydrogen-bond donors (Lipinski definition) is 1. The molecule has 0 bridgehead atoms. The number of amides is 1. The van der Waals surface area contributed by atoms with Gasteiger partial charge < -0.3 is 10.1 Å². The van der Waals surface area contributed by atoms with Crippen LogP contribution in [-0.2, 0) is 14.8 Å². The fourth-order valence-corrected chi connectivity index (χ4v) is 3.95. The first-order valence-corrected chi connectivity index (χ1v) is 11.6. The van der Waals surface area contributed by atoms with E-state index < -0.39 is 10.0 Å². The molecule has 2 rings (SSSR count). The summed E-state index contributed by atoms with van der Waals surface area (Å²) in [6.07, 6.45) is 1.78. The Morgan fingerprint density at radius 3 is 2.38 bits per heavy atom. The van der Waals surface area contributed by atoms with Crippen molar-refractivity contribution in [1.29, 1.82) is 0 Å². The van der Waals surface area contributed by atoms with E-state index >= 15 is 0 Å². The van der Waals surface area contributed by atoms with E-state index in [0.29, 0.717) is 24.5 Å². The molecule has 1 unspecified atom stereocenters. The number of anilines is 1. The van der Waals surface area contributed by atoms with Gasteiger partial charge in [-0.2, -0.15) is 0 Å². The maximum absolute atomic E-state index is 12.8. The van der Waals surface area contributed by atoms with Gasteiger partial charge in [0.15, 0.2) is 0 Å². The lowest BCUT2D eigenvalue weighted by atomic mass is 9.99. The molecule has 1 amide bonds. The maximum Gasteiger partial charge on any atom is 0.241 e. The Labute approximate surface area is 173 Å². The Kier molecular flexibility index (Phi) is 7.67. The summed E-state index contributed by atoms with van der Waals surface area (Å²) in [5, 5.41) is 2.97. The molecule has 7 heteroatoms. The van der Waals surface area contributed by atoms with Crippen molar-refractivity contribution in [3.63, 3.8) is 0 Å². The molecule has 29 heavy (non-hydrogen) atoms. The molecule has 0 fully saturated rings. The predicted octanol–water partition coefficient (Wildman–Crippen LogP) is 3.74. The highest BCUT2D eigenvalue weighted by Crippen LogP contribution is 2.30. The van der Waals surface area contributed by atoms with Crippen molar-refractivity contribution in [1.82, 2.24) is 5.32 Å². The van der Waals surface area contributed by atoms with Crippen LogP contribution >= 0.6 is 0 Å². The number of aryl methyl sites for hydroxylation is 2. The van der Waals surface area contributed by atoms with Gasteiger partial charge in [-0.05, 0) is 56.0 Å². The van der Waals surface area contributed by atoms with Gasteiger partial charge in [0.05, 0.1) is 24.6 Å². The number of carbonyl (C=O) groups is 1. The minimum Gasteiger partial charge on any atom is -0.492 e. The minimum absolute atomic E-state index is 0.189. The van der Waals surface area contributed by atoms with E-state index in [9.17, 15) is 13.2 Å². The van der Waals surface area contributed by atoms with Crippen LogP contribution in [0, 0.1) is 13.8 Å². The zero-order chi connectivity index (χ0) is 21.6. The zero-order valence-corrected chi connectivity index (χ0v) is 18.5. The molecule has 0 spiro atoms. The summed E-state index contributed by atoms with van der Waals surface area (Å²) in [7, 11) is -3.68. The Morgan fingerprint density at radius 2 is 1.79 bits per heavy atom. The summed E-state index contributed by atoms with van der Waals surface area (Å²) in [5.41, 5.74) is 3.69. The maximum atomic E-state index is 12.8. The fraction of sp³-hybridized carbons (Fsp3) is 0.409. The van der Waals surface area contributed by atoms with E-state index in [1.807, 2.05) is 39.8 Å². The molecule has 0 aromatic heterocycles. The van der Waals surface area contributed by atoms with E-state index in [0.717, 1.165) is 21.7 Å². The van der Waals surface area contributed by atoms with Crippen LogP contribution in [0.5, 0.6) is 5.75 Å². The molecule has 1 atom stereocenters. The number of nitrogens with one attached hydrogen (secondary N) is 1. The van der Waals surface area contributed by atoms with Gasteiger partial charge in [0, 0.05) is 0 Å². The Morgan fingerprint density at radius 1 is 1.10 bits per heavy atom. The highest BCUT2D eigenvalue weighted by atomic mass is 32.2. The Balaban J connectivity index is 2.25. The lowest BCUT2D eigenvalue weighted by Crippen LogP contribution is -2.41. The van der Waals surface area contributed by atoms with Crippen molar-refractivity contribution < 1.29 is 17.9 Å². The molecule has 0 saturated carbocycles. The molecule has 0 heterocycles. The summed E-state index contributed by atoms with van der Waals surface area (Å²) in [4.78, 5) is 12.8. The molecule has 0 aliphatic rings. The van der Waals surface area contributed by atoms with Crippen molar-refractivity contribution in [2.75, 3.05) is 23.7 Å². The smallest absolute Gasteiger partial charge is 0.241 e. The first-order chi connectivity index (χ1) is 13.7. The Bertz CT molecular complexity index is 957. The zero-order valence-electron chi connectivity index (χ0n) is 17.7. The lowest BCUT2D eigenvalue weighted by Gasteiger charge is -2.25. The fourth-order valence-electron chi connectivity index (χ4n) is 3.09. The lowest BCUT2D eigenvalue weighted by molar-refractivity contribution is -0.120. The van der Waals surface area contributed by atoms with Crippen LogP contribution in [-0.4, -0.2) is 33.7 Å². The largest absolute Gasteiger partial charge is 0.492 e. The molecule has 1 N–H and O–H groups in total. The van der Waals surface area contributed by atoms with E-state index in [-0.39, 0.29) is 18.5 Å². The summed E-state index contributed by atoms with van der Waals surface area (Å²) in [6.45, 7) is 7.96. The number of rotatable bonds is 9. The molecule has 0 aliphatic carbocycles. The molecule has 0 saturated heterocycles. The summed E-state index contributed by atoms with van der Waals surface area (Å²) < 4.78 is 31.5. The van der Waals surface area contributed by atoms with Crippen molar-refractivity contribution in [2.45, 2.75) is 40.2 Å². The number of para-hydroxylation sites is 2. The average molecular weight is 419 g/mol. The van der Waals surface area contributed by atoms with Gasteiger partial charge in [-0.3, -0.25) is 9.10 Å². The number of sulfonamides is 1. The molecular weight excluding hydrogens is 388 g/mol. The number of hydrogen-bond acceptors (Lipinski definition) is 4. The summed E-state index contributed by atoms with van der Waals surface area (Å²) >= 11 is 0. The summed E-state index contributed by atoms with van der Waals surface area (Å²) in [5.74, 6) is 0.0567. The van der Waals surface area contributed by atoms with E-state index in [2.05, 4.69) is 11.4 Å². The van der Waals surface area contributed by atoms with Gasteiger partial charge in [0.1, 0.15) is 12.3 Å². The van der Waals surface area contributed by atoms with Crippen molar-refractivity contribution in [3.8, 4) is 5.75 Å². The number of nitrogens with zero attached hydrogens (tertiary/aromatic N) is 1. The molecule has 2 aromatic rings. The van der Waals surface area contributed by atoms with Crippen LogP contribution in [0.1, 0.15) is 43.0 Å². The van der Waals surface area contributed by atoms with Crippen molar-refractivity contribution >= 4 is 21.6 Å². The number of benzene rings is 2. The average Bonchev–Trinajstić information content (AvgIpc) is 2.66. The van der Waals surface area contributed by atoms with E-state index in [4.69, 9.17) is 4.74 Å². The van der Waals surface area contributed by atoms with Crippen molar-refractivity contribution in [2.24, 2.45) is 0 Å². The second-order valence-electron chi connectivity index (χ2n) is 7.04. The highest BCUT2D eigenvalue weighted by molar-refractivity contribution is 7.92. The summed E-state index contributed by atoms with van der Waals surface area (Å²) in [6, 6.07) is 12.7. The third kappa shape index (κ3) is 5.97. The van der Waals surface area contributed by atoms with Crippen LogP contribution in [0.4, 0.5) is 5.69 Å². The first-order valence-electron chi connectivity index (χ1n) is 9.73. The molecule has 2 aromatic carbocycles.